The Morgan fingerprint density at radius 1 is 1.10 bits per heavy atom. The molecule has 168 valence electrons. The van der Waals surface area contributed by atoms with Crippen LogP contribution in [0.3, 0.4) is 0 Å². The average Bonchev–Trinajstić information content (AvgIpc) is 3.29. The van der Waals surface area contributed by atoms with Crippen molar-refractivity contribution in [2.75, 3.05) is 27.4 Å². The number of nitrogens with zero attached hydrogens (tertiary/aromatic N) is 2. The SMILES string of the molecule is CN=C(NCc1ccc(OC2CCCC2)nc1)NCc1ccc(C)cc1OCCOC. The molecule has 2 aromatic rings. The molecule has 1 saturated carbocycles. The second kappa shape index (κ2) is 12.2. The van der Waals surface area contributed by atoms with Gasteiger partial charge in [-0.2, -0.15) is 0 Å². The van der Waals surface area contributed by atoms with E-state index in [1.165, 1.54) is 12.8 Å². The molecule has 3 rings (SSSR count). The highest BCUT2D eigenvalue weighted by atomic mass is 16.5. The molecule has 0 amide bonds. The predicted octanol–water partition coefficient (Wildman–Crippen LogP) is 3.60. The third kappa shape index (κ3) is 7.43. The minimum atomic E-state index is 0.324. The van der Waals surface area contributed by atoms with E-state index in [9.17, 15) is 0 Å². The second-order valence-electron chi connectivity index (χ2n) is 7.76. The van der Waals surface area contributed by atoms with Gasteiger partial charge in [0.05, 0.1) is 6.61 Å². The molecule has 1 aliphatic rings. The van der Waals surface area contributed by atoms with Crippen molar-refractivity contribution < 1.29 is 14.2 Å². The van der Waals surface area contributed by atoms with Gasteiger partial charge in [0, 0.05) is 45.1 Å². The Bertz CT molecular complexity index is 833. The summed E-state index contributed by atoms with van der Waals surface area (Å²) in [6.45, 7) is 4.37. The van der Waals surface area contributed by atoms with Gasteiger partial charge in [-0.3, -0.25) is 4.99 Å². The van der Waals surface area contributed by atoms with Gasteiger partial charge in [-0.1, -0.05) is 18.2 Å². The maximum Gasteiger partial charge on any atom is 0.213 e. The summed E-state index contributed by atoms with van der Waals surface area (Å²) in [5.41, 5.74) is 3.30. The molecule has 2 N–H and O–H groups in total. The molecule has 1 aromatic heterocycles. The lowest BCUT2D eigenvalue weighted by atomic mass is 10.1. The molecule has 0 radical (unpaired) electrons. The maximum atomic E-state index is 5.93. The molecule has 1 fully saturated rings. The van der Waals surface area contributed by atoms with Gasteiger partial charge in [-0.15, -0.1) is 0 Å². The zero-order chi connectivity index (χ0) is 21.9. The Labute approximate surface area is 185 Å². The Balaban J connectivity index is 1.48. The van der Waals surface area contributed by atoms with Crippen LogP contribution in [0.2, 0.25) is 0 Å². The van der Waals surface area contributed by atoms with Crippen molar-refractivity contribution in [1.82, 2.24) is 15.6 Å². The zero-order valence-corrected chi connectivity index (χ0v) is 18.8. The number of aliphatic imine (C=N–C) groups is 1. The van der Waals surface area contributed by atoms with Crippen LogP contribution in [0.25, 0.3) is 0 Å². The molecule has 0 saturated heterocycles. The molecule has 7 heteroatoms. The number of rotatable bonds is 10. The van der Waals surface area contributed by atoms with E-state index in [1.54, 1.807) is 14.2 Å². The van der Waals surface area contributed by atoms with Gasteiger partial charge in [0.1, 0.15) is 18.5 Å². The van der Waals surface area contributed by atoms with Crippen LogP contribution in [0.4, 0.5) is 0 Å². The minimum Gasteiger partial charge on any atom is -0.491 e. The van der Waals surface area contributed by atoms with Crippen molar-refractivity contribution in [3.63, 3.8) is 0 Å². The summed E-state index contributed by atoms with van der Waals surface area (Å²) in [4.78, 5) is 8.76. The van der Waals surface area contributed by atoms with Gasteiger partial charge in [0.25, 0.3) is 0 Å². The fourth-order valence-electron chi connectivity index (χ4n) is 3.52. The van der Waals surface area contributed by atoms with Crippen LogP contribution in [0, 0.1) is 6.92 Å². The first-order chi connectivity index (χ1) is 15.2. The van der Waals surface area contributed by atoms with E-state index < -0.39 is 0 Å². The average molecular weight is 427 g/mol. The molecule has 7 nitrogen and oxygen atoms in total. The van der Waals surface area contributed by atoms with Gasteiger partial charge in [0.15, 0.2) is 5.96 Å². The molecule has 0 atom stereocenters. The lowest BCUT2D eigenvalue weighted by molar-refractivity contribution is 0.145. The minimum absolute atomic E-state index is 0.324. The van der Waals surface area contributed by atoms with Gasteiger partial charge in [0.2, 0.25) is 5.88 Å². The number of pyridine rings is 1. The summed E-state index contributed by atoms with van der Waals surface area (Å²) in [5, 5.41) is 6.68. The number of methoxy groups -OCH3 is 1. The molecular weight excluding hydrogens is 392 g/mol. The topological polar surface area (TPSA) is 77.0 Å². The largest absolute Gasteiger partial charge is 0.491 e. The van der Waals surface area contributed by atoms with E-state index in [1.807, 2.05) is 24.4 Å². The van der Waals surface area contributed by atoms with Gasteiger partial charge >= 0.3 is 0 Å². The van der Waals surface area contributed by atoms with Crippen LogP contribution in [0.15, 0.2) is 41.5 Å². The van der Waals surface area contributed by atoms with E-state index in [4.69, 9.17) is 14.2 Å². The molecule has 0 aliphatic heterocycles. The maximum absolute atomic E-state index is 5.93. The van der Waals surface area contributed by atoms with Crippen LogP contribution in [0.5, 0.6) is 11.6 Å². The number of ether oxygens (including phenoxy) is 3. The fraction of sp³-hybridized carbons (Fsp3) is 0.500. The lowest BCUT2D eigenvalue weighted by Gasteiger charge is -2.16. The van der Waals surface area contributed by atoms with Crippen molar-refractivity contribution in [2.24, 2.45) is 4.99 Å². The first kappa shape index (κ1) is 22.9. The van der Waals surface area contributed by atoms with Crippen molar-refractivity contribution in [3.8, 4) is 11.6 Å². The number of hydrogen-bond donors (Lipinski definition) is 2. The molecule has 1 aromatic carbocycles. The summed E-state index contributed by atoms with van der Waals surface area (Å²) < 4.78 is 16.9. The van der Waals surface area contributed by atoms with Crippen LogP contribution < -0.4 is 20.1 Å². The number of aryl methyl sites for hydroxylation is 1. The summed E-state index contributed by atoms with van der Waals surface area (Å²) in [5.74, 6) is 2.29. The third-order valence-electron chi connectivity index (χ3n) is 5.28. The van der Waals surface area contributed by atoms with E-state index in [0.29, 0.717) is 38.3 Å². The molecule has 1 heterocycles. The monoisotopic (exact) mass is 426 g/mol. The van der Waals surface area contributed by atoms with Gasteiger partial charge < -0.3 is 24.8 Å². The number of nitrogens with one attached hydrogen (secondary N) is 2. The van der Waals surface area contributed by atoms with Crippen molar-refractivity contribution in [3.05, 3.63) is 53.2 Å². The van der Waals surface area contributed by atoms with Gasteiger partial charge in [-0.05, 0) is 49.8 Å². The smallest absolute Gasteiger partial charge is 0.213 e. The molecule has 0 unspecified atom stereocenters. The number of aromatic nitrogens is 1. The zero-order valence-electron chi connectivity index (χ0n) is 18.8. The Kier molecular flexibility index (Phi) is 8.97. The summed E-state index contributed by atoms with van der Waals surface area (Å²) in [6, 6.07) is 10.2. The highest BCUT2D eigenvalue weighted by molar-refractivity contribution is 5.79. The van der Waals surface area contributed by atoms with Crippen molar-refractivity contribution >= 4 is 5.96 Å². The lowest BCUT2D eigenvalue weighted by Crippen LogP contribution is -2.36. The highest BCUT2D eigenvalue weighted by Crippen LogP contribution is 2.23. The number of benzene rings is 1. The molecular formula is C24H34N4O3. The van der Waals surface area contributed by atoms with Crippen molar-refractivity contribution in [1.29, 1.82) is 0 Å². The standard InChI is InChI=1S/C24H34N4O3/c1-18-8-10-20(22(14-18)30-13-12-29-3)17-28-24(25-2)27-16-19-9-11-23(26-15-19)31-21-6-4-5-7-21/h8-11,14-15,21H,4-7,12-13,16-17H2,1-3H3,(H2,25,27,28). The molecule has 0 bridgehead atoms. The summed E-state index contributed by atoms with van der Waals surface area (Å²) >= 11 is 0. The predicted molar refractivity (Wildman–Crippen MR) is 123 cm³/mol. The first-order valence-electron chi connectivity index (χ1n) is 11.0. The van der Waals surface area contributed by atoms with E-state index in [2.05, 4.69) is 39.7 Å². The fourth-order valence-corrected chi connectivity index (χ4v) is 3.52. The van der Waals surface area contributed by atoms with E-state index in [0.717, 1.165) is 41.2 Å². The number of hydrogen-bond acceptors (Lipinski definition) is 5. The molecule has 0 spiro atoms. The Morgan fingerprint density at radius 3 is 2.61 bits per heavy atom. The second-order valence-corrected chi connectivity index (χ2v) is 7.76. The van der Waals surface area contributed by atoms with Crippen molar-refractivity contribution in [2.45, 2.75) is 51.8 Å². The van der Waals surface area contributed by atoms with Crippen LogP contribution in [-0.4, -0.2) is 44.4 Å². The van der Waals surface area contributed by atoms with Crippen LogP contribution >= 0.6 is 0 Å². The van der Waals surface area contributed by atoms with Crippen LogP contribution in [0.1, 0.15) is 42.4 Å². The van der Waals surface area contributed by atoms with E-state index >= 15 is 0 Å². The first-order valence-corrected chi connectivity index (χ1v) is 11.0. The van der Waals surface area contributed by atoms with E-state index in [-0.39, 0.29) is 0 Å². The normalized spacial score (nSPS) is 14.5. The highest BCUT2D eigenvalue weighted by Gasteiger charge is 2.16. The third-order valence-corrected chi connectivity index (χ3v) is 5.28. The molecule has 31 heavy (non-hydrogen) atoms. The molecule has 1 aliphatic carbocycles. The summed E-state index contributed by atoms with van der Waals surface area (Å²) in [7, 11) is 3.43. The van der Waals surface area contributed by atoms with Crippen LogP contribution in [-0.2, 0) is 17.8 Å². The van der Waals surface area contributed by atoms with Gasteiger partial charge in [-0.25, -0.2) is 4.98 Å². The number of guanidine groups is 1. The quantitative estimate of drug-likeness (QED) is 0.343. The summed E-state index contributed by atoms with van der Waals surface area (Å²) in [6.07, 6.45) is 6.95. The Hall–Kier alpha value is -2.80. The Morgan fingerprint density at radius 2 is 1.90 bits per heavy atom.